The molecule has 10 heteroatoms. The molecule has 6 rings (SSSR count). The van der Waals surface area contributed by atoms with Crippen molar-refractivity contribution in [3.05, 3.63) is 77.6 Å². The molecule has 10 nitrogen and oxygen atoms in total. The Balaban J connectivity index is 1.37. The van der Waals surface area contributed by atoms with Gasteiger partial charge in [-0.1, -0.05) is 18.2 Å². The van der Waals surface area contributed by atoms with Crippen molar-refractivity contribution < 1.29 is 28.6 Å². The van der Waals surface area contributed by atoms with Crippen LogP contribution in [0.15, 0.2) is 60.9 Å². The van der Waals surface area contributed by atoms with Gasteiger partial charge in [-0.15, -0.1) is 0 Å². The molecule has 3 aliphatic heterocycles. The summed E-state index contributed by atoms with van der Waals surface area (Å²) < 4.78 is 17.3. The first-order chi connectivity index (χ1) is 18.5. The maximum absolute atomic E-state index is 13.0. The number of ether oxygens (including phenoxy) is 3. The van der Waals surface area contributed by atoms with Crippen LogP contribution < -0.4 is 24.8 Å². The van der Waals surface area contributed by atoms with Crippen molar-refractivity contribution in [3.63, 3.8) is 0 Å². The average Bonchev–Trinajstić information content (AvgIpc) is 3.60. The lowest BCUT2D eigenvalue weighted by atomic mass is 10.1. The minimum Gasteiger partial charge on any atom is -0.493 e. The predicted molar refractivity (Wildman–Crippen MR) is 138 cm³/mol. The average molecular weight is 519 g/mol. The van der Waals surface area contributed by atoms with E-state index >= 15 is 0 Å². The monoisotopic (exact) mass is 518 g/mol. The number of aromatic amines is 1. The van der Waals surface area contributed by atoms with Crippen LogP contribution in [0.5, 0.6) is 17.2 Å². The molecule has 3 N–H and O–H groups in total. The highest BCUT2D eigenvalue weighted by atomic mass is 16.5. The van der Waals surface area contributed by atoms with Crippen molar-refractivity contribution in [2.24, 2.45) is 0 Å². The van der Waals surface area contributed by atoms with Gasteiger partial charge in [0.25, 0.3) is 11.8 Å². The number of rotatable bonds is 2. The third kappa shape index (κ3) is 5.91. The second kappa shape index (κ2) is 11.3. The van der Waals surface area contributed by atoms with Crippen LogP contribution in [-0.4, -0.2) is 66.6 Å². The highest BCUT2D eigenvalue weighted by Gasteiger charge is 2.38. The summed E-state index contributed by atoms with van der Waals surface area (Å²) in [5, 5.41) is 5.92. The summed E-state index contributed by atoms with van der Waals surface area (Å²) in [5.41, 5.74) is 2.32. The number of nitrogens with zero attached hydrogens (tertiary/aromatic N) is 1. The molecule has 0 saturated carbocycles. The smallest absolute Gasteiger partial charge is 0.258 e. The number of H-pyrrole nitrogens is 1. The number of likely N-dealkylation sites (tertiary alicyclic amines) is 1. The number of nitrogens with one attached hydrogen (secondary N) is 3. The maximum Gasteiger partial charge on any atom is 0.258 e. The fourth-order valence-corrected chi connectivity index (χ4v) is 4.62. The molecule has 4 heterocycles. The molecule has 3 aliphatic rings. The topological polar surface area (TPSA) is 122 Å². The van der Waals surface area contributed by atoms with E-state index < -0.39 is 6.10 Å². The number of aryl methyl sites for hydroxylation is 1. The van der Waals surface area contributed by atoms with Gasteiger partial charge in [-0.25, -0.2) is 0 Å². The zero-order valence-corrected chi connectivity index (χ0v) is 21.1. The molecule has 0 aliphatic carbocycles. The third-order valence-corrected chi connectivity index (χ3v) is 6.67. The van der Waals surface area contributed by atoms with Gasteiger partial charge in [0.15, 0.2) is 18.1 Å². The Morgan fingerprint density at radius 3 is 2.58 bits per heavy atom. The van der Waals surface area contributed by atoms with Crippen molar-refractivity contribution in [1.29, 1.82) is 0 Å². The Hall–Kier alpha value is -4.47. The molecular formula is C28H30N4O6. The van der Waals surface area contributed by atoms with Crippen LogP contribution in [0.3, 0.4) is 0 Å². The minimum absolute atomic E-state index is 0.122. The minimum atomic E-state index is -0.421. The summed E-state index contributed by atoms with van der Waals surface area (Å²) >= 11 is 0. The first-order valence-electron chi connectivity index (χ1n) is 12.5. The molecule has 1 saturated heterocycles. The van der Waals surface area contributed by atoms with Crippen LogP contribution in [0.2, 0.25) is 0 Å². The standard InChI is InChI=1S/C28H30N4O6/c1-36-23-8-4-18-5-9-26(33)31-22-15-32(28(35)20-10-11-29-14-20)16-25(22)38-21-6-2-19(3-7-21)13-30-27(34)17-37-24(23)12-18/h2-4,6-8,10-12,14,22,25,29H,5,9,13,15-17H2,1H3,(H,30,34)(H,31,33)/t22-,25-/m0/s1. The molecule has 198 valence electrons. The van der Waals surface area contributed by atoms with Crippen LogP contribution in [0.1, 0.15) is 27.9 Å². The number of carbonyl (C=O) groups is 3. The molecule has 0 radical (unpaired) electrons. The van der Waals surface area contributed by atoms with Gasteiger partial charge in [-0.2, -0.15) is 0 Å². The number of benzene rings is 2. The van der Waals surface area contributed by atoms with Gasteiger partial charge < -0.3 is 34.7 Å². The number of carbonyl (C=O) groups excluding carboxylic acids is 3. The van der Waals surface area contributed by atoms with Crippen LogP contribution in [0, 0.1) is 0 Å². The Labute approximate surface area is 220 Å². The van der Waals surface area contributed by atoms with E-state index in [1.54, 1.807) is 35.5 Å². The molecule has 1 fully saturated rings. The number of methoxy groups -OCH3 is 1. The van der Waals surface area contributed by atoms with Crippen LogP contribution in [-0.2, 0) is 22.6 Å². The van der Waals surface area contributed by atoms with E-state index in [9.17, 15) is 14.4 Å². The van der Waals surface area contributed by atoms with E-state index in [0.717, 1.165) is 11.1 Å². The first-order valence-corrected chi connectivity index (χ1v) is 12.5. The van der Waals surface area contributed by atoms with E-state index in [0.29, 0.717) is 48.9 Å². The Morgan fingerprint density at radius 1 is 1.00 bits per heavy atom. The quantitative estimate of drug-likeness (QED) is 0.478. The molecule has 1 aromatic heterocycles. The third-order valence-electron chi connectivity index (χ3n) is 6.67. The molecule has 3 aromatic rings. The lowest BCUT2D eigenvalue weighted by Crippen LogP contribution is -2.45. The molecule has 38 heavy (non-hydrogen) atoms. The van der Waals surface area contributed by atoms with Crippen molar-refractivity contribution in [2.45, 2.75) is 31.5 Å². The number of amides is 3. The van der Waals surface area contributed by atoms with Gasteiger partial charge >= 0.3 is 0 Å². The fraction of sp³-hybridized carbons (Fsp3) is 0.321. The molecular weight excluding hydrogens is 488 g/mol. The Bertz CT molecular complexity index is 1290. The second-order valence-corrected chi connectivity index (χ2v) is 9.33. The fourth-order valence-electron chi connectivity index (χ4n) is 4.62. The number of hydrogen-bond acceptors (Lipinski definition) is 6. The van der Waals surface area contributed by atoms with Gasteiger partial charge in [0, 0.05) is 31.9 Å². The van der Waals surface area contributed by atoms with Gasteiger partial charge in [-0.05, 0) is 47.9 Å². The summed E-state index contributed by atoms with van der Waals surface area (Å²) in [5.74, 6) is 1.02. The highest BCUT2D eigenvalue weighted by molar-refractivity contribution is 5.94. The SMILES string of the molecule is COc1ccc2cc1OCC(=O)NCc1ccc(cc1)O[C@H]1CN(C(=O)c3cc[nH]c3)C[C@@H]1NC(=O)CC2. The van der Waals surface area contributed by atoms with Crippen molar-refractivity contribution in [3.8, 4) is 17.2 Å². The summed E-state index contributed by atoms with van der Waals surface area (Å²) in [6.45, 7) is 0.848. The van der Waals surface area contributed by atoms with E-state index in [1.807, 2.05) is 30.3 Å². The first kappa shape index (κ1) is 25.2. The molecule has 0 spiro atoms. The van der Waals surface area contributed by atoms with E-state index in [1.165, 1.54) is 7.11 Å². The lowest BCUT2D eigenvalue weighted by Gasteiger charge is -2.21. The zero-order valence-electron chi connectivity index (χ0n) is 21.1. The van der Waals surface area contributed by atoms with Crippen LogP contribution in [0.25, 0.3) is 0 Å². The van der Waals surface area contributed by atoms with E-state index in [-0.39, 0.29) is 36.8 Å². The predicted octanol–water partition coefficient (Wildman–Crippen LogP) is 2.05. The number of hydrogen-bond donors (Lipinski definition) is 3. The molecule has 3 amide bonds. The van der Waals surface area contributed by atoms with Gasteiger partial charge in [0.2, 0.25) is 5.91 Å². The van der Waals surface area contributed by atoms with Crippen LogP contribution in [0.4, 0.5) is 0 Å². The zero-order chi connectivity index (χ0) is 26.5. The van der Waals surface area contributed by atoms with Crippen molar-refractivity contribution in [2.75, 3.05) is 26.8 Å². The van der Waals surface area contributed by atoms with Crippen LogP contribution >= 0.6 is 0 Å². The largest absolute Gasteiger partial charge is 0.493 e. The van der Waals surface area contributed by atoms with Gasteiger partial charge in [0.05, 0.1) is 25.3 Å². The summed E-state index contributed by atoms with van der Waals surface area (Å²) in [6.07, 6.45) is 3.63. The molecule has 2 aromatic carbocycles. The van der Waals surface area contributed by atoms with Crippen molar-refractivity contribution in [1.82, 2.24) is 20.5 Å². The Morgan fingerprint density at radius 2 is 1.82 bits per heavy atom. The second-order valence-electron chi connectivity index (χ2n) is 9.33. The van der Waals surface area contributed by atoms with Gasteiger partial charge in [0.1, 0.15) is 11.9 Å². The molecule has 2 atom stereocenters. The van der Waals surface area contributed by atoms with Crippen molar-refractivity contribution >= 4 is 17.7 Å². The lowest BCUT2D eigenvalue weighted by molar-refractivity contribution is -0.123. The Kier molecular flexibility index (Phi) is 7.48. The normalized spacial score (nSPS) is 20.1. The number of aromatic nitrogens is 1. The summed E-state index contributed by atoms with van der Waals surface area (Å²) in [6, 6.07) is 14.1. The maximum atomic E-state index is 13.0. The molecule has 4 bridgehead atoms. The highest BCUT2D eigenvalue weighted by Crippen LogP contribution is 2.29. The van der Waals surface area contributed by atoms with Gasteiger partial charge in [-0.3, -0.25) is 14.4 Å². The number of fused-ring (bicyclic) bond motifs is 9. The van der Waals surface area contributed by atoms with E-state index in [2.05, 4.69) is 15.6 Å². The summed E-state index contributed by atoms with van der Waals surface area (Å²) in [7, 11) is 1.53. The summed E-state index contributed by atoms with van der Waals surface area (Å²) in [4.78, 5) is 42.9. The molecule has 0 unspecified atom stereocenters. The van der Waals surface area contributed by atoms with E-state index in [4.69, 9.17) is 14.2 Å².